The first-order valence-electron chi connectivity index (χ1n) is 9.26. The number of aromatic carboxylic acids is 1. The zero-order chi connectivity index (χ0) is 21.2. The number of carbonyl (C=O) groups is 1. The molecular weight excluding hydrogens is 389 g/mol. The lowest BCUT2D eigenvalue weighted by molar-refractivity contribution is 0.0695. The molecule has 0 radical (unpaired) electrons. The Kier molecular flexibility index (Phi) is 4.30. The normalized spacial score (nSPS) is 24.4. The second-order valence-electron chi connectivity index (χ2n) is 8.17. The van der Waals surface area contributed by atoms with Gasteiger partial charge >= 0.3 is 5.97 Å². The van der Waals surface area contributed by atoms with Crippen molar-refractivity contribution in [2.75, 3.05) is 30.4 Å². The zero-order valence-electron chi connectivity index (χ0n) is 15.7. The van der Waals surface area contributed by atoms with Gasteiger partial charge in [0.1, 0.15) is 11.3 Å². The van der Waals surface area contributed by atoms with Crippen LogP contribution in [-0.2, 0) is 0 Å². The van der Waals surface area contributed by atoms with Crippen molar-refractivity contribution in [3.8, 4) is 0 Å². The first-order valence-corrected chi connectivity index (χ1v) is 9.26. The van der Waals surface area contributed by atoms with Crippen molar-refractivity contribution in [2.24, 2.45) is 11.7 Å². The summed E-state index contributed by atoms with van der Waals surface area (Å²) in [5.41, 5.74) is 7.99. The summed E-state index contributed by atoms with van der Waals surface area (Å²) < 4.78 is 45.5. The van der Waals surface area contributed by atoms with Crippen LogP contribution in [0, 0.1) is 17.6 Å². The molecule has 1 aromatic carbocycles. The number of rotatable bonds is 4. The van der Waals surface area contributed by atoms with E-state index in [1.165, 1.54) is 9.47 Å². The van der Waals surface area contributed by atoms with Gasteiger partial charge in [0, 0.05) is 36.8 Å². The number of aromatic nitrogens is 1. The molecule has 1 saturated heterocycles. The van der Waals surface area contributed by atoms with Crippen molar-refractivity contribution >= 4 is 28.2 Å². The molecule has 2 aromatic rings. The maximum atomic E-state index is 15.6. The number of carboxylic acid groups (broad SMARTS) is 1. The van der Waals surface area contributed by atoms with E-state index in [0.29, 0.717) is 12.8 Å². The predicted octanol–water partition coefficient (Wildman–Crippen LogP) is 2.02. The summed E-state index contributed by atoms with van der Waals surface area (Å²) in [5, 5.41) is 8.83. The van der Waals surface area contributed by atoms with Crippen molar-refractivity contribution in [3.63, 3.8) is 0 Å². The molecule has 0 spiro atoms. The van der Waals surface area contributed by atoms with Crippen LogP contribution in [0.15, 0.2) is 11.0 Å². The number of benzene rings is 1. The average molecular weight is 410 g/mol. The van der Waals surface area contributed by atoms with Gasteiger partial charge in [-0.3, -0.25) is 9.18 Å². The minimum Gasteiger partial charge on any atom is -0.477 e. The maximum absolute atomic E-state index is 15.6. The first-order chi connectivity index (χ1) is 13.6. The van der Waals surface area contributed by atoms with Crippen molar-refractivity contribution in [1.29, 1.82) is 0 Å². The number of fused-ring (bicyclic) bond motifs is 1. The van der Waals surface area contributed by atoms with E-state index in [9.17, 15) is 19.1 Å². The van der Waals surface area contributed by atoms with E-state index >= 15 is 8.78 Å². The number of hydrogen-bond acceptors (Lipinski definition) is 5. The van der Waals surface area contributed by atoms with Gasteiger partial charge in [-0.05, 0) is 19.8 Å². The molecule has 0 unspecified atom stereocenters. The molecule has 2 aliphatic rings. The Balaban J connectivity index is 2.02. The van der Waals surface area contributed by atoms with Crippen molar-refractivity contribution in [1.82, 2.24) is 4.57 Å². The number of nitrogens with two attached hydrogens (primary N) is 2. The average Bonchev–Trinajstić information content (AvgIpc) is 3.43. The summed E-state index contributed by atoms with van der Waals surface area (Å²) in [6.07, 6.45) is 2.41. The van der Waals surface area contributed by atoms with Crippen LogP contribution in [0.25, 0.3) is 10.9 Å². The van der Waals surface area contributed by atoms with Gasteiger partial charge in [0.15, 0.2) is 11.6 Å². The van der Waals surface area contributed by atoms with Gasteiger partial charge in [-0.2, -0.15) is 0 Å². The Labute approximate surface area is 163 Å². The fourth-order valence-electron chi connectivity index (χ4n) is 4.10. The summed E-state index contributed by atoms with van der Waals surface area (Å²) in [6, 6.07) is -0.208. The van der Waals surface area contributed by atoms with E-state index in [2.05, 4.69) is 0 Å². The van der Waals surface area contributed by atoms with Crippen LogP contribution in [0.2, 0.25) is 0 Å². The molecule has 1 aliphatic heterocycles. The van der Waals surface area contributed by atoms with Crippen LogP contribution in [0.4, 0.5) is 24.5 Å². The molecule has 5 N–H and O–H groups in total. The summed E-state index contributed by atoms with van der Waals surface area (Å²) in [7, 11) is 0. The fraction of sp³-hybridized carbons (Fsp3) is 0.474. The Hall–Kier alpha value is -2.75. The lowest BCUT2D eigenvalue weighted by Crippen LogP contribution is -2.45. The number of hydrogen-bond donors (Lipinski definition) is 3. The summed E-state index contributed by atoms with van der Waals surface area (Å²) in [5.74, 6) is -4.33. The molecule has 1 aromatic heterocycles. The Morgan fingerprint density at radius 1 is 1.34 bits per heavy atom. The standard InChI is InChI=1S/C19H21F3N4O3/c1-19(24)7-25(5-8(19)4-20)16-12(21)14(23)11-15(13(16)22)26(9-2-3-9)6-10(17(11)27)18(28)29/h6,8-9H,2-5,7,23-24H2,1H3,(H,28,29)/t8-,19-/m0/s1. The number of nitrogens with zero attached hydrogens (tertiary/aromatic N) is 2. The molecule has 1 saturated carbocycles. The molecule has 29 heavy (non-hydrogen) atoms. The Morgan fingerprint density at radius 2 is 2.00 bits per heavy atom. The van der Waals surface area contributed by atoms with E-state index in [1.807, 2.05) is 0 Å². The van der Waals surface area contributed by atoms with Gasteiger partial charge in [0.2, 0.25) is 5.43 Å². The van der Waals surface area contributed by atoms with Crippen LogP contribution < -0.4 is 21.8 Å². The van der Waals surface area contributed by atoms with E-state index < -0.39 is 63.5 Å². The molecule has 2 atom stereocenters. The highest BCUT2D eigenvalue weighted by molar-refractivity contribution is 5.99. The highest BCUT2D eigenvalue weighted by Gasteiger charge is 2.43. The van der Waals surface area contributed by atoms with Gasteiger partial charge in [0.05, 0.1) is 23.3 Å². The third-order valence-electron chi connectivity index (χ3n) is 5.94. The second kappa shape index (κ2) is 6.38. The van der Waals surface area contributed by atoms with Crippen LogP contribution in [0.1, 0.15) is 36.2 Å². The zero-order valence-corrected chi connectivity index (χ0v) is 15.7. The Bertz CT molecular complexity index is 1090. The van der Waals surface area contributed by atoms with Crippen molar-refractivity contribution < 1.29 is 23.1 Å². The minimum absolute atomic E-state index is 0.00123. The van der Waals surface area contributed by atoms with Gasteiger partial charge in [0.25, 0.3) is 0 Å². The maximum Gasteiger partial charge on any atom is 0.341 e. The molecule has 7 nitrogen and oxygen atoms in total. The summed E-state index contributed by atoms with van der Waals surface area (Å²) in [6.45, 7) is 0.853. The molecule has 0 amide bonds. The van der Waals surface area contributed by atoms with Crippen LogP contribution in [-0.4, -0.2) is 40.9 Å². The number of anilines is 2. The van der Waals surface area contributed by atoms with Crippen LogP contribution in [0.3, 0.4) is 0 Å². The largest absolute Gasteiger partial charge is 0.477 e. The van der Waals surface area contributed by atoms with Crippen molar-refractivity contribution in [3.05, 3.63) is 33.6 Å². The number of carboxylic acids is 1. The number of pyridine rings is 1. The molecule has 2 heterocycles. The Morgan fingerprint density at radius 3 is 2.52 bits per heavy atom. The lowest BCUT2D eigenvalue weighted by atomic mass is 9.92. The number of nitrogen functional groups attached to an aromatic ring is 1. The van der Waals surface area contributed by atoms with Gasteiger partial charge in [-0.15, -0.1) is 0 Å². The van der Waals surface area contributed by atoms with E-state index in [-0.39, 0.29) is 24.6 Å². The van der Waals surface area contributed by atoms with Crippen molar-refractivity contribution in [2.45, 2.75) is 31.3 Å². The smallest absolute Gasteiger partial charge is 0.341 e. The second-order valence-corrected chi connectivity index (χ2v) is 8.17. The molecule has 2 fully saturated rings. The lowest BCUT2D eigenvalue weighted by Gasteiger charge is -2.25. The molecule has 156 valence electrons. The first kappa shape index (κ1) is 19.6. The third kappa shape index (κ3) is 2.85. The fourth-order valence-corrected chi connectivity index (χ4v) is 4.10. The molecule has 0 bridgehead atoms. The third-order valence-corrected chi connectivity index (χ3v) is 5.94. The van der Waals surface area contributed by atoms with E-state index in [1.54, 1.807) is 6.92 Å². The molecule has 4 rings (SSSR count). The van der Waals surface area contributed by atoms with Gasteiger partial charge in [-0.25, -0.2) is 13.6 Å². The van der Waals surface area contributed by atoms with E-state index in [4.69, 9.17) is 11.5 Å². The predicted molar refractivity (Wildman–Crippen MR) is 102 cm³/mol. The SMILES string of the molecule is C[C@]1(N)CN(c2c(F)c(N)c3c(=O)c(C(=O)O)cn(C4CC4)c3c2F)C[C@@H]1CF. The molecule has 10 heteroatoms. The quantitative estimate of drug-likeness (QED) is 0.665. The van der Waals surface area contributed by atoms with Gasteiger partial charge < -0.3 is 26.0 Å². The summed E-state index contributed by atoms with van der Waals surface area (Å²) >= 11 is 0. The topological polar surface area (TPSA) is 115 Å². The van der Waals surface area contributed by atoms with Gasteiger partial charge in [-0.1, -0.05) is 0 Å². The highest BCUT2D eigenvalue weighted by atomic mass is 19.1. The number of halogens is 3. The highest BCUT2D eigenvalue weighted by Crippen LogP contribution is 2.43. The minimum atomic E-state index is -1.50. The summed E-state index contributed by atoms with van der Waals surface area (Å²) in [4.78, 5) is 25.4. The molecule has 1 aliphatic carbocycles. The van der Waals surface area contributed by atoms with Crippen LogP contribution in [0.5, 0.6) is 0 Å². The van der Waals surface area contributed by atoms with Crippen LogP contribution >= 0.6 is 0 Å². The molecular formula is C19H21F3N4O3. The van der Waals surface area contributed by atoms with E-state index in [0.717, 1.165) is 6.20 Å². The monoisotopic (exact) mass is 410 g/mol. The number of alkyl halides is 1.